The standard InChI is InChI=1S/C22H25N5O2/c1-29-19-4-2-3-17(13-19)20-14-21(28)25-22(24-20)27-11-9-26(10-12-27)15-16-5-7-18(23)8-6-16/h2-8,13-14H,9-12,15,23H2,1H3,(H,24,25,28). The highest BCUT2D eigenvalue weighted by Gasteiger charge is 2.19. The number of nitrogens with one attached hydrogen (secondary N) is 1. The highest BCUT2D eigenvalue weighted by Crippen LogP contribution is 2.23. The lowest BCUT2D eigenvalue weighted by Crippen LogP contribution is -2.47. The van der Waals surface area contributed by atoms with E-state index >= 15 is 0 Å². The number of anilines is 2. The van der Waals surface area contributed by atoms with E-state index in [1.54, 1.807) is 7.11 Å². The molecule has 2 heterocycles. The molecule has 1 aliphatic heterocycles. The van der Waals surface area contributed by atoms with Gasteiger partial charge in [-0.2, -0.15) is 0 Å². The van der Waals surface area contributed by atoms with Gasteiger partial charge in [-0.05, 0) is 29.8 Å². The van der Waals surface area contributed by atoms with Crippen LogP contribution in [0.1, 0.15) is 5.56 Å². The van der Waals surface area contributed by atoms with Crippen molar-refractivity contribution in [2.45, 2.75) is 6.54 Å². The third kappa shape index (κ3) is 4.57. The summed E-state index contributed by atoms with van der Waals surface area (Å²) in [4.78, 5) is 24.4. The van der Waals surface area contributed by atoms with Crippen LogP contribution in [0.25, 0.3) is 11.3 Å². The number of nitrogens with two attached hydrogens (primary N) is 1. The van der Waals surface area contributed by atoms with Crippen molar-refractivity contribution in [3.8, 4) is 17.0 Å². The Kier molecular flexibility index (Phi) is 5.48. The summed E-state index contributed by atoms with van der Waals surface area (Å²) in [6.45, 7) is 4.30. The van der Waals surface area contributed by atoms with Crippen molar-refractivity contribution < 1.29 is 4.74 Å². The van der Waals surface area contributed by atoms with Crippen molar-refractivity contribution in [2.75, 3.05) is 43.9 Å². The minimum atomic E-state index is -0.155. The molecule has 3 N–H and O–H groups in total. The van der Waals surface area contributed by atoms with Gasteiger partial charge in [0.25, 0.3) is 5.56 Å². The predicted octanol–water partition coefficient (Wildman–Crippen LogP) is 2.35. The first-order valence-corrected chi connectivity index (χ1v) is 9.68. The fraction of sp³-hybridized carbons (Fsp3) is 0.273. The van der Waals surface area contributed by atoms with Gasteiger partial charge in [-0.25, -0.2) is 4.98 Å². The normalized spacial score (nSPS) is 14.7. The lowest BCUT2D eigenvalue weighted by Gasteiger charge is -2.35. The zero-order valence-corrected chi connectivity index (χ0v) is 16.5. The maximum atomic E-state index is 12.2. The molecule has 150 valence electrons. The molecule has 0 unspecified atom stereocenters. The van der Waals surface area contributed by atoms with Gasteiger partial charge in [-0.15, -0.1) is 0 Å². The minimum absolute atomic E-state index is 0.155. The topological polar surface area (TPSA) is 87.5 Å². The average molecular weight is 391 g/mol. The number of nitrogens with zero attached hydrogens (tertiary/aromatic N) is 3. The second kappa shape index (κ2) is 8.36. The van der Waals surface area contributed by atoms with Gasteiger partial charge < -0.3 is 15.4 Å². The molecule has 0 aliphatic carbocycles. The molecule has 1 fully saturated rings. The van der Waals surface area contributed by atoms with Crippen LogP contribution in [0.15, 0.2) is 59.4 Å². The van der Waals surface area contributed by atoms with E-state index in [1.807, 2.05) is 36.4 Å². The molecule has 0 atom stereocenters. The number of aromatic nitrogens is 2. The van der Waals surface area contributed by atoms with E-state index in [1.165, 1.54) is 11.6 Å². The van der Waals surface area contributed by atoms with Crippen molar-refractivity contribution in [3.05, 3.63) is 70.5 Å². The highest BCUT2D eigenvalue weighted by atomic mass is 16.5. The molecule has 3 aromatic rings. The van der Waals surface area contributed by atoms with Crippen LogP contribution in [0.2, 0.25) is 0 Å². The summed E-state index contributed by atoms with van der Waals surface area (Å²) in [6, 6.07) is 17.1. The van der Waals surface area contributed by atoms with E-state index < -0.39 is 0 Å². The summed E-state index contributed by atoms with van der Waals surface area (Å²) in [5.41, 5.74) is 9.14. The number of rotatable bonds is 5. The molecule has 1 aromatic heterocycles. The summed E-state index contributed by atoms with van der Waals surface area (Å²) in [6.07, 6.45) is 0. The van der Waals surface area contributed by atoms with E-state index in [0.29, 0.717) is 11.6 Å². The summed E-state index contributed by atoms with van der Waals surface area (Å²) in [5, 5.41) is 0. The number of aromatic amines is 1. The fourth-order valence-electron chi connectivity index (χ4n) is 3.52. The largest absolute Gasteiger partial charge is 0.497 e. The van der Waals surface area contributed by atoms with E-state index in [0.717, 1.165) is 49.7 Å². The predicted molar refractivity (Wildman–Crippen MR) is 115 cm³/mol. The smallest absolute Gasteiger partial charge is 0.252 e. The quantitative estimate of drug-likeness (QED) is 0.649. The molecule has 7 nitrogen and oxygen atoms in total. The Labute approximate surface area is 169 Å². The Balaban J connectivity index is 1.46. The lowest BCUT2D eigenvalue weighted by molar-refractivity contribution is 0.248. The van der Waals surface area contributed by atoms with Gasteiger partial charge in [-0.3, -0.25) is 14.7 Å². The fourth-order valence-corrected chi connectivity index (χ4v) is 3.52. The maximum absolute atomic E-state index is 12.2. The summed E-state index contributed by atoms with van der Waals surface area (Å²) < 4.78 is 5.28. The summed E-state index contributed by atoms with van der Waals surface area (Å²) >= 11 is 0. The van der Waals surface area contributed by atoms with Crippen LogP contribution in [0.5, 0.6) is 5.75 Å². The number of nitrogen functional groups attached to an aromatic ring is 1. The van der Waals surface area contributed by atoms with Gasteiger partial charge in [0.15, 0.2) is 0 Å². The molecule has 2 aromatic carbocycles. The first-order valence-electron chi connectivity index (χ1n) is 9.68. The van der Waals surface area contributed by atoms with Crippen LogP contribution < -0.4 is 20.9 Å². The van der Waals surface area contributed by atoms with Gasteiger partial charge >= 0.3 is 0 Å². The van der Waals surface area contributed by atoms with Crippen LogP contribution in [-0.4, -0.2) is 48.2 Å². The van der Waals surface area contributed by atoms with Gasteiger partial charge in [0.05, 0.1) is 12.8 Å². The van der Waals surface area contributed by atoms with Crippen molar-refractivity contribution >= 4 is 11.6 Å². The summed E-state index contributed by atoms with van der Waals surface area (Å²) in [5.74, 6) is 1.35. The molecular formula is C22H25N5O2. The van der Waals surface area contributed by atoms with Crippen LogP contribution in [0.3, 0.4) is 0 Å². The Morgan fingerprint density at radius 2 is 1.83 bits per heavy atom. The van der Waals surface area contributed by atoms with Crippen molar-refractivity contribution in [2.24, 2.45) is 0 Å². The molecule has 1 aliphatic rings. The van der Waals surface area contributed by atoms with Crippen LogP contribution in [0.4, 0.5) is 11.6 Å². The Morgan fingerprint density at radius 3 is 2.55 bits per heavy atom. The molecule has 0 spiro atoms. The number of benzene rings is 2. The third-order valence-electron chi connectivity index (χ3n) is 5.15. The molecule has 7 heteroatoms. The highest BCUT2D eigenvalue weighted by molar-refractivity contribution is 5.62. The molecule has 0 saturated carbocycles. The first-order chi connectivity index (χ1) is 14.1. The molecule has 29 heavy (non-hydrogen) atoms. The third-order valence-corrected chi connectivity index (χ3v) is 5.15. The van der Waals surface area contributed by atoms with E-state index in [4.69, 9.17) is 15.5 Å². The molecular weight excluding hydrogens is 366 g/mol. The second-order valence-electron chi connectivity index (χ2n) is 7.19. The minimum Gasteiger partial charge on any atom is -0.497 e. The number of hydrogen-bond donors (Lipinski definition) is 2. The van der Waals surface area contributed by atoms with Crippen molar-refractivity contribution in [1.29, 1.82) is 0 Å². The van der Waals surface area contributed by atoms with E-state index in [2.05, 4.69) is 26.9 Å². The molecule has 0 amide bonds. The van der Waals surface area contributed by atoms with E-state index in [9.17, 15) is 4.79 Å². The average Bonchev–Trinajstić information content (AvgIpc) is 2.75. The number of ether oxygens (including phenoxy) is 1. The van der Waals surface area contributed by atoms with Crippen LogP contribution >= 0.6 is 0 Å². The van der Waals surface area contributed by atoms with Crippen LogP contribution in [0, 0.1) is 0 Å². The number of hydrogen-bond acceptors (Lipinski definition) is 6. The molecule has 1 saturated heterocycles. The molecule has 0 radical (unpaired) electrons. The summed E-state index contributed by atoms with van der Waals surface area (Å²) in [7, 11) is 1.62. The molecule has 4 rings (SSSR count). The number of piperazine rings is 1. The van der Waals surface area contributed by atoms with Gasteiger partial charge in [0.1, 0.15) is 5.75 Å². The Morgan fingerprint density at radius 1 is 1.07 bits per heavy atom. The first kappa shape index (κ1) is 19.0. The van der Waals surface area contributed by atoms with Gasteiger partial charge in [0, 0.05) is 50.0 Å². The monoisotopic (exact) mass is 391 g/mol. The van der Waals surface area contributed by atoms with Gasteiger partial charge in [0.2, 0.25) is 5.95 Å². The number of methoxy groups -OCH3 is 1. The molecule has 0 bridgehead atoms. The number of H-pyrrole nitrogens is 1. The Hall–Kier alpha value is -3.32. The maximum Gasteiger partial charge on any atom is 0.252 e. The van der Waals surface area contributed by atoms with E-state index in [-0.39, 0.29) is 5.56 Å². The Bertz CT molecular complexity index is 1020. The van der Waals surface area contributed by atoms with Gasteiger partial charge in [-0.1, -0.05) is 24.3 Å². The van der Waals surface area contributed by atoms with Crippen LogP contribution in [-0.2, 0) is 6.54 Å². The SMILES string of the molecule is COc1cccc(-c2cc(=O)[nH]c(N3CCN(Cc4ccc(N)cc4)CC3)n2)c1. The van der Waals surface area contributed by atoms with Crippen molar-refractivity contribution in [3.63, 3.8) is 0 Å². The zero-order chi connectivity index (χ0) is 20.2. The lowest BCUT2D eigenvalue weighted by atomic mass is 10.1. The zero-order valence-electron chi connectivity index (χ0n) is 16.5. The second-order valence-corrected chi connectivity index (χ2v) is 7.19. The van der Waals surface area contributed by atoms with Crippen molar-refractivity contribution in [1.82, 2.24) is 14.9 Å².